The Balaban J connectivity index is 3.12. The predicted molar refractivity (Wildman–Crippen MR) is 43.5 cm³/mol. The Morgan fingerprint density at radius 2 is 2.08 bits per heavy atom. The maximum atomic E-state index is 10.2. The van der Waals surface area contributed by atoms with Crippen LogP contribution in [0.2, 0.25) is 5.02 Å². The van der Waals surface area contributed by atoms with Crippen molar-refractivity contribution in [3.05, 3.63) is 22.7 Å². The minimum atomic E-state index is -1.35. The number of carbonyl (C=O) groups is 1. The second-order valence-corrected chi connectivity index (χ2v) is 2.92. The van der Waals surface area contributed by atoms with Crippen LogP contribution in [-0.4, -0.2) is 16.2 Å². The van der Waals surface area contributed by atoms with Gasteiger partial charge in [0.25, 0.3) is 0 Å². The van der Waals surface area contributed by atoms with Gasteiger partial charge in [0, 0.05) is 29.0 Å². The summed E-state index contributed by atoms with van der Waals surface area (Å²) in [6.07, 6.45) is -0.486. The average molecular weight is 202 g/mol. The lowest BCUT2D eigenvalue weighted by atomic mass is 10.1. The maximum Gasteiger partial charge on any atom is 0.161 e. The average Bonchev–Trinajstić information content (AvgIpc) is 1.98. The third kappa shape index (κ3) is 2.26. The van der Waals surface area contributed by atoms with Gasteiger partial charge in [-0.1, -0.05) is 11.6 Å². The first kappa shape index (κ1) is 9.67. The Hall–Kier alpha value is -1.42. The summed E-state index contributed by atoms with van der Waals surface area (Å²) in [7, 11) is 0. The van der Waals surface area contributed by atoms with Gasteiger partial charge in [-0.3, -0.25) is 0 Å². The highest BCUT2D eigenvalue weighted by Gasteiger charge is 2.08. The van der Waals surface area contributed by atoms with Crippen LogP contribution < -0.4 is 5.11 Å². The lowest BCUT2D eigenvalue weighted by Gasteiger charge is -2.07. The Labute approximate surface area is 79.0 Å². The van der Waals surface area contributed by atoms with E-state index in [9.17, 15) is 15.0 Å². The summed E-state index contributed by atoms with van der Waals surface area (Å²) in [6.45, 7) is 0. The maximum absolute atomic E-state index is 10.2. The van der Waals surface area contributed by atoms with Crippen molar-refractivity contribution in [2.75, 3.05) is 0 Å². The van der Waals surface area contributed by atoms with Gasteiger partial charge in [-0.25, -0.2) is 0 Å². The first-order chi connectivity index (χ1) is 6.00. The second kappa shape index (κ2) is 3.53. The highest BCUT2D eigenvalue weighted by atomic mass is 35.5. The number of hydrogen-bond donors (Lipinski definition) is 2. The van der Waals surface area contributed by atoms with Crippen molar-refractivity contribution in [3.8, 4) is 11.5 Å². The summed E-state index contributed by atoms with van der Waals surface area (Å²) in [5, 5.41) is 28.6. The largest absolute Gasteiger partial charge is 0.550 e. The normalized spacial score (nSPS) is 9.92. The standard InChI is InChI=1S/C8H7ClO4/c9-5-1-4(2-7(11)12)8(13)6(10)3-5/h1,3,10,13H,2H2,(H,11,12)/p-1. The molecule has 0 aliphatic heterocycles. The Bertz CT molecular complexity index is 348. The van der Waals surface area contributed by atoms with E-state index in [1.54, 1.807) is 0 Å². The van der Waals surface area contributed by atoms with Crippen molar-refractivity contribution in [3.63, 3.8) is 0 Å². The van der Waals surface area contributed by atoms with Crippen molar-refractivity contribution < 1.29 is 20.1 Å². The van der Waals surface area contributed by atoms with E-state index in [-0.39, 0.29) is 10.6 Å². The fourth-order valence-corrected chi connectivity index (χ4v) is 1.17. The lowest BCUT2D eigenvalue weighted by Crippen LogP contribution is -2.24. The smallest absolute Gasteiger partial charge is 0.161 e. The van der Waals surface area contributed by atoms with Gasteiger partial charge in [-0.05, 0) is 6.07 Å². The molecule has 5 heteroatoms. The number of carboxylic acid groups (broad SMARTS) is 1. The molecule has 0 radical (unpaired) electrons. The van der Waals surface area contributed by atoms with Crippen molar-refractivity contribution in [2.24, 2.45) is 0 Å². The molecule has 0 heterocycles. The van der Waals surface area contributed by atoms with Crippen LogP contribution in [0.25, 0.3) is 0 Å². The Morgan fingerprint density at radius 3 is 2.62 bits per heavy atom. The van der Waals surface area contributed by atoms with E-state index >= 15 is 0 Å². The summed E-state index contributed by atoms with van der Waals surface area (Å²) in [5.74, 6) is -2.27. The van der Waals surface area contributed by atoms with E-state index in [1.165, 1.54) is 6.07 Å². The molecule has 0 aliphatic rings. The van der Waals surface area contributed by atoms with Gasteiger partial charge in [0.1, 0.15) is 0 Å². The molecule has 0 fully saturated rings. The van der Waals surface area contributed by atoms with Crippen LogP contribution in [0.15, 0.2) is 12.1 Å². The predicted octanol–water partition coefficient (Wildman–Crippen LogP) is 0.0436. The van der Waals surface area contributed by atoms with E-state index in [1.807, 2.05) is 0 Å². The summed E-state index contributed by atoms with van der Waals surface area (Å²) in [6, 6.07) is 2.38. The molecule has 0 amide bonds. The van der Waals surface area contributed by atoms with E-state index in [4.69, 9.17) is 16.7 Å². The number of carboxylic acids is 1. The van der Waals surface area contributed by atoms with Crippen LogP contribution in [-0.2, 0) is 11.2 Å². The van der Waals surface area contributed by atoms with E-state index in [0.717, 1.165) is 6.07 Å². The van der Waals surface area contributed by atoms with Crippen LogP contribution >= 0.6 is 11.6 Å². The monoisotopic (exact) mass is 201 g/mol. The summed E-state index contributed by atoms with van der Waals surface area (Å²) < 4.78 is 0. The van der Waals surface area contributed by atoms with Crippen LogP contribution in [0.5, 0.6) is 11.5 Å². The molecule has 0 saturated carbocycles. The van der Waals surface area contributed by atoms with Crippen LogP contribution in [0.1, 0.15) is 5.56 Å². The quantitative estimate of drug-likeness (QED) is 0.663. The molecular formula is C8H6ClO4-. The molecule has 13 heavy (non-hydrogen) atoms. The number of rotatable bonds is 2. The van der Waals surface area contributed by atoms with Gasteiger partial charge in [-0.15, -0.1) is 0 Å². The van der Waals surface area contributed by atoms with Gasteiger partial charge in [-0.2, -0.15) is 0 Å². The molecule has 0 unspecified atom stereocenters. The van der Waals surface area contributed by atoms with Crippen molar-refractivity contribution >= 4 is 17.6 Å². The summed E-state index contributed by atoms with van der Waals surface area (Å²) in [4.78, 5) is 10.2. The topological polar surface area (TPSA) is 80.6 Å². The number of aromatic hydroxyl groups is 2. The molecule has 0 bridgehead atoms. The van der Waals surface area contributed by atoms with Crippen LogP contribution in [0.3, 0.4) is 0 Å². The number of hydrogen-bond acceptors (Lipinski definition) is 4. The highest BCUT2D eigenvalue weighted by Crippen LogP contribution is 2.32. The number of benzene rings is 1. The van der Waals surface area contributed by atoms with Crippen molar-refractivity contribution in [2.45, 2.75) is 6.42 Å². The van der Waals surface area contributed by atoms with Gasteiger partial charge in [0.2, 0.25) is 0 Å². The molecule has 0 saturated heterocycles. The zero-order valence-corrected chi connectivity index (χ0v) is 7.21. The Kier molecular flexibility index (Phi) is 2.63. The zero-order valence-electron chi connectivity index (χ0n) is 6.45. The van der Waals surface area contributed by atoms with Gasteiger partial charge in [0.15, 0.2) is 11.5 Å². The zero-order chi connectivity index (χ0) is 10.0. The molecule has 4 nitrogen and oxygen atoms in total. The lowest BCUT2D eigenvalue weighted by molar-refractivity contribution is -0.304. The number of halogens is 1. The molecular weight excluding hydrogens is 196 g/mol. The van der Waals surface area contributed by atoms with Crippen molar-refractivity contribution in [1.82, 2.24) is 0 Å². The number of aliphatic carboxylic acids is 1. The molecule has 0 spiro atoms. The molecule has 0 atom stereocenters. The highest BCUT2D eigenvalue weighted by molar-refractivity contribution is 6.30. The first-order valence-corrected chi connectivity index (χ1v) is 3.78. The fraction of sp³-hybridized carbons (Fsp3) is 0.125. The number of carbonyl (C=O) groups excluding carboxylic acids is 1. The first-order valence-electron chi connectivity index (χ1n) is 3.41. The third-order valence-electron chi connectivity index (χ3n) is 1.47. The van der Waals surface area contributed by atoms with Crippen LogP contribution in [0.4, 0.5) is 0 Å². The fourth-order valence-electron chi connectivity index (χ4n) is 0.930. The Morgan fingerprint density at radius 1 is 1.46 bits per heavy atom. The molecule has 70 valence electrons. The number of phenolic OH excluding ortho intramolecular Hbond substituents is 2. The van der Waals surface area contributed by atoms with Crippen molar-refractivity contribution in [1.29, 1.82) is 0 Å². The third-order valence-corrected chi connectivity index (χ3v) is 1.69. The minimum absolute atomic E-state index is 0.0324. The van der Waals surface area contributed by atoms with E-state index in [2.05, 4.69) is 0 Å². The van der Waals surface area contributed by atoms with Gasteiger partial charge < -0.3 is 20.1 Å². The summed E-state index contributed by atoms with van der Waals surface area (Å²) >= 11 is 5.52. The van der Waals surface area contributed by atoms with E-state index < -0.39 is 23.9 Å². The molecule has 1 aromatic rings. The second-order valence-electron chi connectivity index (χ2n) is 2.48. The number of phenols is 2. The molecule has 1 aromatic carbocycles. The van der Waals surface area contributed by atoms with Gasteiger partial charge >= 0.3 is 0 Å². The summed E-state index contributed by atoms with van der Waals surface area (Å²) in [5.41, 5.74) is 0.0324. The van der Waals surface area contributed by atoms with Crippen LogP contribution in [0, 0.1) is 0 Å². The SMILES string of the molecule is O=C([O-])Cc1cc(Cl)cc(O)c1O. The molecule has 0 aromatic heterocycles. The molecule has 0 aliphatic carbocycles. The molecule has 1 rings (SSSR count). The molecule has 2 N–H and O–H groups in total. The minimum Gasteiger partial charge on any atom is -0.550 e. The van der Waals surface area contributed by atoms with E-state index in [0.29, 0.717) is 0 Å². The van der Waals surface area contributed by atoms with Gasteiger partial charge in [0.05, 0.1) is 0 Å².